The molecule has 1 aromatic rings. The molecule has 116 valence electrons. The normalized spacial score (nSPS) is 18.3. The molecule has 0 bridgehead atoms. The summed E-state index contributed by atoms with van der Waals surface area (Å²) >= 11 is 0. The maximum absolute atomic E-state index is 12.1. The van der Waals surface area contributed by atoms with Crippen LogP contribution in [0, 0.1) is 5.41 Å². The van der Waals surface area contributed by atoms with Crippen LogP contribution in [-0.2, 0) is 14.4 Å². The molecule has 7 heteroatoms. The summed E-state index contributed by atoms with van der Waals surface area (Å²) in [4.78, 5) is 32.2. The molecule has 0 radical (unpaired) electrons. The quantitative estimate of drug-likeness (QED) is 0.513. The molecule has 2 aliphatic heterocycles. The molecule has 1 amide bonds. The Labute approximate surface area is 132 Å². The zero-order chi connectivity index (χ0) is 16.6. The average Bonchev–Trinajstić information content (AvgIpc) is 2.85. The zero-order valence-corrected chi connectivity index (χ0v) is 12.5. The number of nitrogens with one attached hydrogen (secondary N) is 1. The van der Waals surface area contributed by atoms with Gasteiger partial charge in [0.05, 0.1) is 5.57 Å². The van der Waals surface area contributed by atoms with Gasteiger partial charge in [-0.2, -0.15) is 4.99 Å². The van der Waals surface area contributed by atoms with E-state index in [0.717, 1.165) is 0 Å². The van der Waals surface area contributed by atoms with Crippen molar-refractivity contribution in [3.8, 4) is 5.75 Å². The number of fused-ring (bicyclic) bond motifs is 1. The molecule has 0 fully saturated rings. The van der Waals surface area contributed by atoms with E-state index in [1.165, 1.54) is 12.0 Å². The summed E-state index contributed by atoms with van der Waals surface area (Å²) in [5.74, 6) is 0.300. The number of hydrogen-bond acceptors (Lipinski definition) is 5. The fraction of sp³-hybridized carbons (Fsp3) is 0.125. The van der Waals surface area contributed by atoms with Gasteiger partial charge in [0.1, 0.15) is 11.5 Å². The van der Waals surface area contributed by atoms with Crippen LogP contribution >= 0.6 is 0 Å². The lowest BCUT2D eigenvalue weighted by Gasteiger charge is -2.22. The molecule has 0 unspecified atom stereocenters. The number of hydroxylamine groups is 2. The number of amidine groups is 2. The molecular formula is C16H13N3O4. The van der Waals surface area contributed by atoms with Crippen molar-refractivity contribution in [2.45, 2.75) is 13.8 Å². The van der Waals surface area contributed by atoms with Gasteiger partial charge in [0.15, 0.2) is 11.7 Å². The number of allylic oxidation sites excluding steroid dienone is 1. The highest BCUT2D eigenvalue weighted by atomic mass is 16.7. The second-order valence-electron chi connectivity index (χ2n) is 4.99. The van der Waals surface area contributed by atoms with Gasteiger partial charge in [-0.25, -0.2) is 0 Å². The molecule has 0 aliphatic carbocycles. The number of carbonyl (C=O) groups excluding carboxylic acids is 2. The average molecular weight is 311 g/mol. The number of benzene rings is 1. The first-order valence-corrected chi connectivity index (χ1v) is 6.82. The van der Waals surface area contributed by atoms with Crippen molar-refractivity contribution in [2.75, 3.05) is 0 Å². The molecule has 7 nitrogen and oxygen atoms in total. The minimum absolute atomic E-state index is 0.0721. The van der Waals surface area contributed by atoms with Gasteiger partial charge in [-0.3, -0.25) is 15.0 Å². The van der Waals surface area contributed by atoms with Crippen molar-refractivity contribution < 1.29 is 19.2 Å². The molecule has 0 saturated heterocycles. The monoisotopic (exact) mass is 311 g/mol. The maximum Gasteiger partial charge on any atom is 0.308 e. The third-order valence-corrected chi connectivity index (χ3v) is 3.13. The van der Waals surface area contributed by atoms with Gasteiger partial charge in [0, 0.05) is 13.0 Å². The van der Waals surface area contributed by atoms with Gasteiger partial charge in [0.25, 0.3) is 5.91 Å². The van der Waals surface area contributed by atoms with Crippen molar-refractivity contribution in [1.29, 1.82) is 5.41 Å². The maximum atomic E-state index is 12.1. The Bertz CT molecular complexity index is 803. The van der Waals surface area contributed by atoms with Crippen LogP contribution in [0.5, 0.6) is 5.75 Å². The summed E-state index contributed by atoms with van der Waals surface area (Å²) in [7, 11) is 0. The van der Waals surface area contributed by atoms with E-state index < -0.39 is 11.9 Å². The van der Waals surface area contributed by atoms with Crippen LogP contribution in [-0.4, -0.2) is 28.6 Å². The minimum Gasteiger partial charge on any atom is -0.427 e. The van der Waals surface area contributed by atoms with Crippen LogP contribution in [0.15, 0.2) is 46.7 Å². The van der Waals surface area contributed by atoms with E-state index in [4.69, 9.17) is 15.0 Å². The van der Waals surface area contributed by atoms with E-state index in [-0.39, 0.29) is 11.4 Å². The van der Waals surface area contributed by atoms with Crippen LogP contribution in [0.4, 0.5) is 0 Å². The van der Waals surface area contributed by atoms with E-state index in [1.54, 1.807) is 43.3 Å². The summed E-state index contributed by atoms with van der Waals surface area (Å²) in [6.07, 6.45) is 3.14. The lowest BCUT2D eigenvalue weighted by Crippen LogP contribution is -2.38. The van der Waals surface area contributed by atoms with E-state index in [9.17, 15) is 9.59 Å². The van der Waals surface area contributed by atoms with E-state index in [1.807, 2.05) is 0 Å². The molecule has 1 N–H and O–H groups in total. The highest BCUT2D eigenvalue weighted by Gasteiger charge is 2.34. The minimum atomic E-state index is -0.500. The van der Waals surface area contributed by atoms with Crippen molar-refractivity contribution in [1.82, 2.24) is 5.06 Å². The zero-order valence-electron chi connectivity index (χ0n) is 12.5. The van der Waals surface area contributed by atoms with Crippen molar-refractivity contribution in [3.05, 3.63) is 47.2 Å². The molecule has 0 aromatic heterocycles. The number of rotatable bonds is 2. The number of aliphatic imine (C=N–C) groups is 1. The molecule has 2 aliphatic rings. The molecule has 0 spiro atoms. The Balaban J connectivity index is 1.87. The summed E-state index contributed by atoms with van der Waals surface area (Å²) in [6.45, 7) is 3.04. The Hall–Kier alpha value is -3.22. The summed E-state index contributed by atoms with van der Waals surface area (Å²) < 4.78 is 4.94. The summed E-state index contributed by atoms with van der Waals surface area (Å²) in [6, 6.07) is 6.58. The first kappa shape index (κ1) is 14.7. The van der Waals surface area contributed by atoms with Gasteiger partial charge in [-0.1, -0.05) is 12.1 Å². The standard InChI is InChI=1S/C16H13N3O4/c1-9-7-14-18-16(21)13(15(17)19(14)23-9)8-11-3-5-12(6-4-11)22-10(2)20/h3-8,17H,1-2H3/b13-8-,17-15?. The van der Waals surface area contributed by atoms with E-state index >= 15 is 0 Å². The fourth-order valence-electron chi connectivity index (χ4n) is 2.17. The van der Waals surface area contributed by atoms with Gasteiger partial charge in [-0.15, -0.1) is 5.06 Å². The second-order valence-corrected chi connectivity index (χ2v) is 4.99. The SMILES string of the molecule is CC(=O)Oc1ccc(/C=C2/C(=N)N3OC(C)=CC3=NC2=O)cc1. The number of amides is 1. The van der Waals surface area contributed by atoms with Gasteiger partial charge < -0.3 is 9.57 Å². The Morgan fingerprint density at radius 3 is 2.70 bits per heavy atom. The first-order chi connectivity index (χ1) is 10.9. The van der Waals surface area contributed by atoms with Gasteiger partial charge >= 0.3 is 5.97 Å². The van der Waals surface area contributed by atoms with Crippen LogP contribution in [0.2, 0.25) is 0 Å². The molecular weight excluding hydrogens is 298 g/mol. The topological polar surface area (TPSA) is 92.1 Å². The lowest BCUT2D eigenvalue weighted by atomic mass is 10.1. The number of nitrogens with zero attached hydrogens (tertiary/aromatic N) is 2. The summed E-state index contributed by atoms with van der Waals surface area (Å²) in [5.41, 5.74) is 0.800. The number of ether oxygens (including phenoxy) is 1. The van der Waals surface area contributed by atoms with Crippen LogP contribution in [0.25, 0.3) is 6.08 Å². The van der Waals surface area contributed by atoms with Gasteiger partial charge in [-0.05, 0) is 30.7 Å². The smallest absolute Gasteiger partial charge is 0.308 e. The molecule has 3 rings (SSSR count). The largest absolute Gasteiger partial charge is 0.427 e. The van der Waals surface area contributed by atoms with Gasteiger partial charge in [0.2, 0.25) is 0 Å². The molecule has 0 saturated carbocycles. The Morgan fingerprint density at radius 1 is 1.35 bits per heavy atom. The molecule has 1 aromatic carbocycles. The first-order valence-electron chi connectivity index (χ1n) is 6.82. The van der Waals surface area contributed by atoms with Crippen LogP contribution < -0.4 is 4.74 Å². The summed E-state index contributed by atoms with van der Waals surface area (Å²) in [5, 5.41) is 9.31. The van der Waals surface area contributed by atoms with Crippen molar-refractivity contribution in [3.63, 3.8) is 0 Å². The fourth-order valence-corrected chi connectivity index (χ4v) is 2.17. The van der Waals surface area contributed by atoms with Crippen LogP contribution in [0.3, 0.4) is 0 Å². The molecule has 23 heavy (non-hydrogen) atoms. The van der Waals surface area contributed by atoms with E-state index in [2.05, 4.69) is 4.99 Å². The number of carbonyl (C=O) groups is 2. The highest BCUT2D eigenvalue weighted by Crippen LogP contribution is 2.24. The van der Waals surface area contributed by atoms with Crippen molar-refractivity contribution in [2.24, 2.45) is 4.99 Å². The number of esters is 1. The third kappa shape index (κ3) is 2.89. The lowest BCUT2D eigenvalue weighted by molar-refractivity contribution is -0.131. The Morgan fingerprint density at radius 2 is 2.04 bits per heavy atom. The van der Waals surface area contributed by atoms with Crippen molar-refractivity contribution >= 4 is 29.6 Å². The predicted molar refractivity (Wildman–Crippen MR) is 82.6 cm³/mol. The Kier molecular flexibility index (Phi) is 3.53. The predicted octanol–water partition coefficient (Wildman–Crippen LogP) is 2.06. The molecule has 0 atom stereocenters. The van der Waals surface area contributed by atoms with E-state index in [0.29, 0.717) is 22.9 Å². The number of hydrogen-bond donors (Lipinski definition) is 1. The third-order valence-electron chi connectivity index (χ3n) is 3.13. The van der Waals surface area contributed by atoms with Crippen LogP contribution in [0.1, 0.15) is 19.4 Å². The highest BCUT2D eigenvalue weighted by molar-refractivity contribution is 6.32. The second kappa shape index (κ2) is 5.53. The molecule has 2 heterocycles.